The van der Waals surface area contributed by atoms with Gasteiger partial charge in [0, 0.05) is 72.6 Å². The average Bonchev–Trinajstić information content (AvgIpc) is 1.70. The van der Waals surface area contributed by atoms with Crippen molar-refractivity contribution in [2.45, 2.75) is 157 Å². The van der Waals surface area contributed by atoms with Crippen LogP contribution in [0.2, 0.25) is 0 Å². The van der Waals surface area contributed by atoms with E-state index >= 15 is 0 Å². The van der Waals surface area contributed by atoms with Gasteiger partial charge in [-0.3, -0.25) is 0 Å². The largest absolute Gasteiger partial charge is 0.509 e. The zero-order valence-corrected chi connectivity index (χ0v) is 55.7. The van der Waals surface area contributed by atoms with Crippen LogP contribution < -0.4 is 35.8 Å². The van der Waals surface area contributed by atoms with E-state index in [4.69, 9.17) is 9.72 Å². The van der Waals surface area contributed by atoms with Gasteiger partial charge in [0.15, 0.2) is 6.71 Å². The van der Waals surface area contributed by atoms with Crippen molar-refractivity contribution in [1.82, 2.24) is 4.98 Å². The van der Waals surface area contributed by atoms with Crippen LogP contribution in [0, 0.1) is 18.8 Å². The number of aromatic nitrogens is 1. The third kappa shape index (κ3) is 12.2. The number of pyridine rings is 1. The average molecular weight is 1300 g/mol. The molecule has 0 N–H and O–H groups in total. The van der Waals surface area contributed by atoms with Crippen molar-refractivity contribution in [2.75, 3.05) is 14.7 Å². The Morgan fingerprint density at radius 2 is 0.882 bits per heavy atom. The second-order valence-electron chi connectivity index (χ2n) is 29.6. The van der Waals surface area contributed by atoms with Gasteiger partial charge in [-0.25, -0.2) is 4.98 Å². The van der Waals surface area contributed by atoms with Gasteiger partial charge in [-0.15, -0.1) is 48.2 Å². The standard InChI is InChI=1S/C78H84BN4O.Pt/c1-73(2,3)53-37-38-80-71(47-53)83-67-32-23-22-31-65(67)79(59-27-20-19-21-28-59)66-36-35-62(49-70(66)83)84-61-30-26-29-60(48-61)81-50-82(69-34-25-24-33-68(69)81)72-63(51-39-54(74(4,5)6)43-55(40-51)75(7,8)9)45-58(78(16,17)18)46-64(72)52-41-56(76(10,11)12)44-57(42-52)77(13,14)15;/h19-47,50H,1-18H3;/q-3;. The van der Waals surface area contributed by atoms with Crippen molar-refractivity contribution in [3.05, 3.63) is 228 Å². The van der Waals surface area contributed by atoms with Gasteiger partial charge in [0.05, 0.1) is 0 Å². The Morgan fingerprint density at radius 3 is 1.41 bits per heavy atom. The Hall–Kier alpha value is -7.14. The van der Waals surface area contributed by atoms with Crippen molar-refractivity contribution in [3.8, 4) is 33.8 Å². The zero-order valence-electron chi connectivity index (χ0n) is 53.4. The monoisotopic (exact) mass is 1300 g/mol. The first-order valence-corrected chi connectivity index (χ1v) is 30.1. The minimum atomic E-state index is -0.158. The maximum absolute atomic E-state index is 6.98. The molecular formula is C78H84BN4OPt-3. The molecule has 0 aliphatic carbocycles. The summed E-state index contributed by atoms with van der Waals surface area (Å²) in [7, 11) is 0. The van der Waals surface area contributed by atoms with Crippen molar-refractivity contribution in [3.63, 3.8) is 0 Å². The topological polar surface area (TPSA) is 31.8 Å². The minimum Gasteiger partial charge on any atom is -0.509 e. The molecule has 2 aliphatic heterocycles. The normalized spacial score (nSPS) is 13.8. The molecule has 0 radical (unpaired) electrons. The van der Waals surface area contributed by atoms with Crippen molar-refractivity contribution >= 4 is 63.0 Å². The number of anilines is 7. The molecule has 0 saturated heterocycles. The van der Waals surface area contributed by atoms with Gasteiger partial charge in [0.1, 0.15) is 5.82 Å². The van der Waals surface area contributed by atoms with E-state index in [1.54, 1.807) is 0 Å². The molecule has 11 rings (SSSR count). The molecule has 0 unspecified atom stereocenters. The van der Waals surface area contributed by atoms with Crippen LogP contribution in [0.3, 0.4) is 0 Å². The number of para-hydroxylation sites is 3. The maximum Gasteiger partial charge on any atom is 0.180 e. The predicted molar refractivity (Wildman–Crippen MR) is 359 cm³/mol. The third-order valence-electron chi connectivity index (χ3n) is 17.0. The molecular weight excluding hydrogens is 1210 g/mol. The summed E-state index contributed by atoms with van der Waals surface area (Å²) in [5.41, 5.74) is 21.6. The van der Waals surface area contributed by atoms with E-state index in [1.807, 2.05) is 12.3 Å². The Balaban J connectivity index is 0.00000803. The third-order valence-corrected chi connectivity index (χ3v) is 17.0. The Labute approximate surface area is 524 Å². The van der Waals surface area contributed by atoms with Crippen LogP contribution in [0.25, 0.3) is 22.3 Å². The van der Waals surface area contributed by atoms with Gasteiger partial charge in [0.25, 0.3) is 0 Å². The molecule has 0 saturated carbocycles. The molecule has 5 nitrogen and oxygen atoms in total. The van der Waals surface area contributed by atoms with Crippen LogP contribution in [-0.4, -0.2) is 11.7 Å². The summed E-state index contributed by atoms with van der Waals surface area (Å²) in [5, 5.41) is 0. The number of benzene rings is 8. The molecule has 8 aromatic carbocycles. The predicted octanol–water partition coefficient (Wildman–Crippen LogP) is 19.3. The zero-order chi connectivity index (χ0) is 60.1. The first-order valence-electron chi connectivity index (χ1n) is 30.1. The Bertz CT molecular complexity index is 3790. The molecule has 3 heterocycles. The van der Waals surface area contributed by atoms with Crippen LogP contribution in [-0.2, 0) is 53.6 Å². The number of fused-ring (bicyclic) bond motifs is 3. The van der Waals surface area contributed by atoms with Crippen LogP contribution in [0.1, 0.15) is 158 Å². The van der Waals surface area contributed by atoms with Gasteiger partial charge < -0.3 is 19.4 Å². The molecule has 0 spiro atoms. The van der Waals surface area contributed by atoms with Gasteiger partial charge in [-0.2, -0.15) is 12.1 Å². The summed E-state index contributed by atoms with van der Waals surface area (Å²) in [6, 6.07) is 70.4. The summed E-state index contributed by atoms with van der Waals surface area (Å²) in [6.07, 6.45) is 1.93. The second kappa shape index (κ2) is 22.3. The quantitative estimate of drug-likeness (QED) is 0.112. The number of hydrogen-bond donors (Lipinski definition) is 0. The number of ether oxygens (including phenoxy) is 1. The Morgan fingerprint density at radius 1 is 0.412 bits per heavy atom. The molecule has 0 atom stereocenters. The van der Waals surface area contributed by atoms with Crippen LogP contribution in [0.4, 0.5) is 39.9 Å². The molecule has 85 heavy (non-hydrogen) atoms. The van der Waals surface area contributed by atoms with E-state index in [2.05, 4.69) is 322 Å². The molecule has 1 aromatic heterocycles. The van der Waals surface area contributed by atoms with Crippen LogP contribution in [0.15, 0.2) is 176 Å². The second-order valence-corrected chi connectivity index (χ2v) is 29.6. The van der Waals surface area contributed by atoms with Crippen molar-refractivity contribution in [2.24, 2.45) is 0 Å². The van der Waals surface area contributed by atoms with E-state index in [0.29, 0.717) is 11.5 Å². The fraction of sp³-hybridized carbons (Fsp3) is 0.308. The molecule has 7 heteroatoms. The van der Waals surface area contributed by atoms with Crippen LogP contribution in [0.5, 0.6) is 11.5 Å². The van der Waals surface area contributed by atoms with Gasteiger partial charge >= 0.3 is 0 Å². The van der Waals surface area contributed by atoms with E-state index in [-0.39, 0.29) is 60.3 Å². The van der Waals surface area contributed by atoms with Crippen molar-refractivity contribution in [1.29, 1.82) is 0 Å². The SMILES string of the molecule is CC(C)(C)c1cc(-c2cc(C(C)(C)C)cc(-c3cc(C(C)(C)C)cc(C(C)(C)C)c3)c2N2[CH-]N(c3[c-]c(Oc4[c-]c5c(cc4)B(c4ccccc4)c4ccccc4N5c4cc(C(C)(C)C)ccn4)ccc3)c3ccccc32)cc(C(C)(C)C)c1.[Pt]. The molecule has 0 amide bonds. The maximum atomic E-state index is 6.98. The van der Waals surface area contributed by atoms with Gasteiger partial charge in [-0.1, -0.05) is 238 Å². The number of hydrogen-bond acceptors (Lipinski definition) is 5. The number of nitrogens with zero attached hydrogens (tertiary/aromatic N) is 4. The Kier molecular flexibility index (Phi) is 16.0. The molecule has 9 aromatic rings. The number of rotatable bonds is 8. The van der Waals surface area contributed by atoms with E-state index in [0.717, 1.165) is 45.4 Å². The molecule has 2 aliphatic rings. The van der Waals surface area contributed by atoms with E-state index < -0.39 is 0 Å². The molecule has 0 fully saturated rings. The minimum absolute atomic E-state index is 0. The summed E-state index contributed by atoms with van der Waals surface area (Å²) in [5.74, 6) is 2.01. The summed E-state index contributed by atoms with van der Waals surface area (Å²) in [4.78, 5) is 12.0. The van der Waals surface area contributed by atoms with Gasteiger partial charge in [0.2, 0.25) is 0 Å². The fourth-order valence-corrected chi connectivity index (χ4v) is 11.7. The summed E-state index contributed by atoms with van der Waals surface area (Å²) < 4.78 is 6.98. The van der Waals surface area contributed by atoms with E-state index in [9.17, 15) is 0 Å². The fourth-order valence-electron chi connectivity index (χ4n) is 11.7. The van der Waals surface area contributed by atoms with Crippen molar-refractivity contribution < 1.29 is 25.8 Å². The summed E-state index contributed by atoms with van der Waals surface area (Å²) >= 11 is 0. The first kappa shape index (κ1) is 61.0. The van der Waals surface area contributed by atoms with Gasteiger partial charge in [-0.05, 0) is 119 Å². The molecule has 438 valence electrons. The first-order chi connectivity index (χ1) is 39.4. The summed E-state index contributed by atoms with van der Waals surface area (Å²) in [6.45, 7) is 44.1. The smallest absolute Gasteiger partial charge is 0.180 e. The molecule has 0 bridgehead atoms. The van der Waals surface area contributed by atoms with E-state index in [1.165, 1.54) is 66.6 Å². The van der Waals surface area contributed by atoms with Crippen LogP contribution >= 0.6 is 0 Å².